The maximum absolute atomic E-state index is 17.5. The van der Waals surface area contributed by atoms with Gasteiger partial charge in [-0.15, -0.1) is 0 Å². The summed E-state index contributed by atoms with van der Waals surface area (Å²) in [6, 6.07) is 0. The van der Waals surface area contributed by atoms with Gasteiger partial charge in [0.05, 0.1) is 6.10 Å². The van der Waals surface area contributed by atoms with E-state index in [4.69, 9.17) is 9.47 Å². The van der Waals surface area contributed by atoms with Crippen LogP contribution in [-0.4, -0.2) is 51.6 Å². The molecule has 0 saturated heterocycles. The molecule has 0 aliphatic heterocycles. The molecule has 6 aliphatic rings. The number of carboxylic acid groups (broad SMARTS) is 1. The summed E-state index contributed by atoms with van der Waals surface area (Å²) < 4.78 is 29.1. The van der Waals surface area contributed by atoms with E-state index in [1.165, 1.54) is 12.2 Å². The first-order valence-electron chi connectivity index (χ1n) is 14.2. The molecular weight excluding hydrogens is 491 g/mol. The molecule has 8 heteroatoms. The minimum Gasteiger partial charge on any atom is -0.478 e. The lowest BCUT2D eigenvalue weighted by Gasteiger charge is -2.63. The Morgan fingerprint density at radius 3 is 2.45 bits per heavy atom. The lowest BCUT2D eigenvalue weighted by molar-refractivity contribution is -0.231. The number of allylic oxidation sites excluding steroid dienone is 4. The molecule has 7 nitrogen and oxygen atoms in total. The highest BCUT2D eigenvalue weighted by Crippen LogP contribution is 2.72. The number of halogens is 1. The third-order valence-electron chi connectivity index (χ3n) is 12.0. The smallest absolute Gasteiger partial charge is 0.478 e. The van der Waals surface area contributed by atoms with Gasteiger partial charge >= 0.3 is 12.1 Å². The van der Waals surface area contributed by atoms with Crippen LogP contribution in [0.1, 0.15) is 72.6 Å². The number of aliphatic carboxylic acids is 1. The van der Waals surface area contributed by atoms with Gasteiger partial charge in [0.25, 0.3) is 0 Å². The Balaban J connectivity index is 1.36. The van der Waals surface area contributed by atoms with Crippen molar-refractivity contribution in [2.75, 3.05) is 0 Å². The average Bonchev–Trinajstić information content (AvgIpc) is 3.51. The zero-order chi connectivity index (χ0) is 27.4. The normalized spacial score (nSPS) is 52.6. The Labute approximate surface area is 222 Å². The van der Waals surface area contributed by atoms with Crippen molar-refractivity contribution >= 4 is 17.9 Å². The number of aliphatic hydroxyl groups is 1. The van der Waals surface area contributed by atoms with Gasteiger partial charge in [-0.2, -0.15) is 0 Å². The third kappa shape index (κ3) is 3.07. The van der Waals surface area contributed by atoms with Crippen molar-refractivity contribution in [1.82, 2.24) is 0 Å². The highest BCUT2D eigenvalue weighted by atomic mass is 19.1. The number of carbonyl (C=O) groups excluding carboxylic acids is 2. The van der Waals surface area contributed by atoms with Gasteiger partial charge in [0, 0.05) is 22.7 Å². The number of alkyl halides is 1. The van der Waals surface area contributed by atoms with E-state index in [0.29, 0.717) is 30.3 Å². The van der Waals surface area contributed by atoms with Crippen molar-refractivity contribution < 1.29 is 38.5 Å². The highest BCUT2D eigenvalue weighted by molar-refractivity contribution is 6.01. The van der Waals surface area contributed by atoms with Gasteiger partial charge in [-0.05, 0) is 87.7 Å². The van der Waals surface area contributed by atoms with E-state index < -0.39 is 58.1 Å². The number of carboxylic acids is 1. The summed E-state index contributed by atoms with van der Waals surface area (Å²) in [7, 11) is 0. The molecule has 0 spiro atoms. The number of rotatable bonds is 3. The fraction of sp³-hybridized carbons (Fsp3) is 0.767. The molecule has 5 saturated carbocycles. The van der Waals surface area contributed by atoms with E-state index in [1.54, 1.807) is 26.8 Å². The quantitative estimate of drug-likeness (QED) is 0.493. The second-order valence-electron chi connectivity index (χ2n) is 13.7. The standard InChI is InChI=1S/C30H39FO7/c1-15-9-22-21-10-16(2)30(25(34)35,38-26(36)37-23-12-17-5-6-18(23)11-17)28(21,4)14-24(33)29(22,31)27(3)8-7-19(32)13-20(15)27/h7-8,13,15-18,21-24,33H,5-6,9-12,14H2,1-4H3,(H,34,35)/t15-,16+,17+,18-,21-,22-,23+,24-,27-,28-,29-,30-/m0/s1. The highest BCUT2D eigenvalue weighted by Gasteiger charge is 2.78. The molecule has 2 bridgehead atoms. The van der Waals surface area contributed by atoms with E-state index in [0.717, 1.165) is 25.7 Å². The van der Waals surface area contributed by atoms with Gasteiger partial charge < -0.3 is 19.7 Å². The number of hydrogen-bond acceptors (Lipinski definition) is 6. The van der Waals surface area contributed by atoms with Crippen LogP contribution in [-0.2, 0) is 19.1 Å². The Hall–Kier alpha value is -2.22. The summed E-state index contributed by atoms with van der Waals surface area (Å²) in [5, 5.41) is 22.2. The molecule has 0 radical (unpaired) electrons. The lowest BCUT2D eigenvalue weighted by Crippen LogP contribution is -2.70. The Morgan fingerprint density at radius 2 is 1.82 bits per heavy atom. The first-order chi connectivity index (χ1) is 17.8. The van der Waals surface area contributed by atoms with Crippen molar-refractivity contribution in [1.29, 1.82) is 0 Å². The number of carbonyl (C=O) groups is 3. The van der Waals surface area contributed by atoms with E-state index in [1.807, 2.05) is 6.92 Å². The van der Waals surface area contributed by atoms with Gasteiger partial charge in [-0.25, -0.2) is 14.0 Å². The number of aliphatic hydroxyl groups excluding tert-OH is 1. The fourth-order valence-corrected chi connectivity index (χ4v) is 10.2. The van der Waals surface area contributed by atoms with E-state index in [-0.39, 0.29) is 24.2 Å². The van der Waals surface area contributed by atoms with E-state index in [9.17, 15) is 24.6 Å². The summed E-state index contributed by atoms with van der Waals surface area (Å²) in [6.45, 7) is 7.18. The molecule has 6 rings (SSSR count). The summed E-state index contributed by atoms with van der Waals surface area (Å²) >= 11 is 0. The van der Waals surface area contributed by atoms with Crippen LogP contribution in [0.4, 0.5) is 9.18 Å². The molecule has 0 amide bonds. The minimum absolute atomic E-state index is 0.129. The summed E-state index contributed by atoms with van der Waals surface area (Å²) in [6.07, 6.45) is 6.19. The van der Waals surface area contributed by atoms with Crippen molar-refractivity contribution in [3.8, 4) is 0 Å². The molecule has 0 heterocycles. The van der Waals surface area contributed by atoms with Crippen LogP contribution in [0, 0.1) is 46.3 Å². The fourth-order valence-electron chi connectivity index (χ4n) is 10.2. The molecule has 38 heavy (non-hydrogen) atoms. The van der Waals surface area contributed by atoms with E-state index >= 15 is 4.39 Å². The predicted octanol–water partition coefficient (Wildman–Crippen LogP) is 5.01. The molecule has 0 aromatic heterocycles. The van der Waals surface area contributed by atoms with Crippen molar-refractivity contribution in [3.63, 3.8) is 0 Å². The third-order valence-corrected chi connectivity index (χ3v) is 12.0. The second-order valence-corrected chi connectivity index (χ2v) is 13.7. The molecule has 0 aromatic rings. The second kappa shape index (κ2) is 8.15. The monoisotopic (exact) mass is 530 g/mol. The molecule has 12 atom stereocenters. The number of hydrogen-bond donors (Lipinski definition) is 2. The van der Waals surface area contributed by atoms with Gasteiger partial charge in [-0.3, -0.25) is 4.79 Å². The number of ether oxygens (including phenoxy) is 2. The molecule has 2 N–H and O–H groups in total. The van der Waals surface area contributed by atoms with Crippen LogP contribution in [0.25, 0.3) is 0 Å². The molecule has 6 aliphatic carbocycles. The SMILES string of the molecule is C[C@@H]1C[C@H]2[C@@H]3C[C@H](C)C4=CC(=O)C=C[C@]4(C)[C@@]3(F)[C@@H](O)C[C@]2(C)[C@@]1(OC(=O)O[C@@H]1C[C@@H]2CC[C@H]1C2)C(=O)O. The summed E-state index contributed by atoms with van der Waals surface area (Å²) in [5.41, 5.74) is -5.77. The topological polar surface area (TPSA) is 110 Å². The Kier molecular flexibility index (Phi) is 5.58. The van der Waals surface area contributed by atoms with Crippen molar-refractivity contribution in [2.45, 2.75) is 96.1 Å². The zero-order valence-electron chi connectivity index (χ0n) is 22.6. The van der Waals surface area contributed by atoms with Crippen LogP contribution in [0.2, 0.25) is 0 Å². The van der Waals surface area contributed by atoms with E-state index in [2.05, 4.69) is 0 Å². The van der Waals surface area contributed by atoms with Crippen molar-refractivity contribution in [2.24, 2.45) is 46.3 Å². The zero-order valence-corrected chi connectivity index (χ0v) is 22.6. The number of fused-ring (bicyclic) bond motifs is 7. The molecule has 208 valence electrons. The maximum Gasteiger partial charge on any atom is 0.509 e. The predicted molar refractivity (Wildman–Crippen MR) is 135 cm³/mol. The van der Waals surface area contributed by atoms with Crippen LogP contribution in [0.5, 0.6) is 0 Å². The molecular formula is C30H39FO7. The first kappa shape index (κ1) is 26.0. The van der Waals surface area contributed by atoms with Crippen LogP contribution in [0.15, 0.2) is 23.8 Å². The van der Waals surface area contributed by atoms with Gasteiger partial charge in [0.1, 0.15) is 6.10 Å². The van der Waals surface area contributed by atoms with Crippen LogP contribution in [0.3, 0.4) is 0 Å². The molecule has 0 aromatic carbocycles. The first-order valence-corrected chi connectivity index (χ1v) is 14.2. The van der Waals surface area contributed by atoms with Gasteiger partial charge in [0.15, 0.2) is 11.5 Å². The number of ketones is 1. The molecule has 0 unspecified atom stereocenters. The largest absolute Gasteiger partial charge is 0.509 e. The van der Waals surface area contributed by atoms with Crippen LogP contribution < -0.4 is 0 Å². The van der Waals surface area contributed by atoms with Crippen LogP contribution >= 0.6 is 0 Å². The maximum atomic E-state index is 17.5. The van der Waals surface area contributed by atoms with Gasteiger partial charge in [-0.1, -0.05) is 32.4 Å². The summed E-state index contributed by atoms with van der Waals surface area (Å²) in [5.74, 6) is -2.51. The Bertz CT molecular complexity index is 1150. The average molecular weight is 531 g/mol. The lowest BCUT2D eigenvalue weighted by atomic mass is 9.43. The summed E-state index contributed by atoms with van der Waals surface area (Å²) in [4.78, 5) is 38.4. The Morgan fingerprint density at radius 1 is 1.08 bits per heavy atom. The minimum atomic E-state index is -2.09. The molecule has 5 fully saturated rings. The van der Waals surface area contributed by atoms with Gasteiger partial charge in [0.2, 0.25) is 5.60 Å². The van der Waals surface area contributed by atoms with Crippen molar-refractivity contribution in [3.05, 3.63) is 23.8 Å².